The van der Waals surface area contributed by atoms with E-state index in [1.165, 1.54) is 31.3 Å². The van der Waals surface area contributed by atoms with E-state index in [1.807, 2.05) is 6.26 Å². The van der Waals surface area contributed by atoms with Gasteiger partial charge in [0.15, 0.2) is 0 Å². The summed E-state index contributed by atoms with van der Waals surface area (Å²) in [4.78, 5) is 0. The van der Waals surface area contributed by atoms with Crippen LogP contribution in [0.25, 0.3) is 0 Å². The topological polar surface area (TPSA) is 9.23 Å². The molecule has 0 N–H and O–H groups in total. The highest BCUT2D eigenvalue weighted by molar-refractivity contribution is 5.19. The fourth-order valence-corrected chi connectivity index (χ4v) is 4.43. The number of fused-ring (bicyclic) bond motifs is 1. The van der Waals surface area contributed by atoms with E-state index in [4.69, 9.17) is 4.74 Å². The quantitative estimate of drug-likeness (QED) is 0.514. The number of allylic oxidation sites excluding steroid dienone is 2. The summed E-state index contributed by atoms with van der Waals surface area (Å²) in [6, 6.07) is 0. The Balaban J connectivity index is 2.25. The normalized spacial score (nSPS) is 37.4. The zero-order valence-electron chi connectivity index (χ0n) is 11.8. The summed E-state index contributed by atoms with van der Waals surface area (Å²) >= 11 is 0. The van der Waals surface area contributed by atoms with E-state index >= 15 is 0 Å². The van der Waals surface area contributed by atoms with Crippen LogP contribution in [0, 0.1) is 22.7 Å². The minimum absolute atomic E-state index is 0.454. The van der Waals surface area contributed by atoms with Gasteiger partial charge in [-0.1, -0.05) is 32.9 Å². The first-order valence-electron chi connectivity index (χ1n) is 6.76. The zero-order chi connectivity index (χ0) is 12.7. The number of hydrogen-bond acceptors (Lipinski definition) is 1. The van der Waals surface area contributed by atoms with Crippen molar-refractivity contribution in [3.8, 4) is 0 Å². The third-order valence-electron chi connectivity index (χ3n) is 4.94. The van der Waals surface area contributed by atoms with Gasteiger partial charge in [0.25, 0.3) is 0 Å². The zero-order valence-corrected chi connectivity index (χ0v) is 11.8. The van der Waals surface area contributed by atoms with E-state index < -0.39 is 0 Å². The molecule has 0 spiro atoms. The molecule has 1 heteroatoms. The Hall–Kier alpha value is -0.720. The van der Waals surface area contributed by atoms with Gasteiger partial charge in [0.1, 0.15) is 0 Å². The fourth-order valence-electron chi connectivity index (χ4n) is 4.43. The van der Waals surface area contributed by atoms with Crippen LogP contribution in [0.15, 0.2) is 24.5 Å². The third-order valence-corrected chi connectivity index (χ3v) is 4.94. The van der Waals surface area contributed by atoms with Crippen LogP contribution in [0.1, 0.15) is 46.5 Å². The maximum Gasteiger partial charge on any atom is 0.0787 e. The smallest absolute Gasteiger partial charge is 0.0787 e. The molecule has 0 aromatic heterocycles. The van der Waals surface area contributed by atoms with Crippen LogP contribution >= 0.6 is 0 Å². The summed E-state index contributed by atoms with van der Waals surface area (Å²) in [6.07, 6.45) is 9.25. The molecule has 17 heavy (non-hydrogen) atoms. The van der Waals surface area contributed by atoms with Crippen LogP contribution < -0.4 is 0 Å². The summed E-state index contributed by atoms with van der Waals surface area (Å²) in [5.41, 5.74) is 2.42. The van der Waals surface area contributed by atoms with Crippen molar-refractivity contribution in [1.29, 1.82) is 0 Å². The molecule has 3 atom stereocenters. The molecule has 0 unspecified atom stereocenters. The highest BCUT2D eigenvalue weighted by Gasteiger charge is 2.55. The van der Waals surface area contributed by atoms with Crippen molar-refractivity contribution in [3.63, 3.8) is 0 Å². The molecule has 2 fully saturated rings. The van der Waals surface area contributed by atoms with Crippen molar-refractivity contribution in [3.05, 3.63) is 24.5 Å². The van der Waals surface area contributed by atoms with E-state index in [0.717, 1.165) is 5.92 Å². The van der Waals surface area contributed by atoms with Crippen molar-refractivity contribution in [1.82, 2.24) is 0 Å². The van der Waals surface area contributed by atoms with Gasteiger partial charge in [-0.3, -0.25) is 0 Å². The van der Waals surface area contributed by atoms with Crippen molar-refractivity contribution < 1.29 is 4.74 Å². The molecule has 2 aliphatic rings. The molecule has 2 aliphatic carbocycles. The molecule has 0 amide bonds. The lowest BCUT2D eigenvalue weighted by Gasteiger charge is -2.35. The number of ether oxygens (including phenoxy) is 1. The third kappa shape index (κ3) is 2.17. The predicted molar refractivity (Wildman–Crippen MR) is 72.6 cm³/mol. The van der Waals surface area contributed by atoms with E-state index in [9.17, 15) is 0 Å². The lowest BCUT2D eigenvalue weighted by Crippen LogP contribution is -2.28. The van der Waals surface area contributed by atoms with Gasteiger partial charge in [-0.2, -0.15) is 0 Å². The molecule has 0 aromatic rings. The summed E-state index contributed by atoms with van der Waals surface area (Å²) in [5.74, 6) is 1.43. The molecule has 0 aromatic carbocycles. The van der Waals surface area contributed by atoms with Gasteiger partial charge in [-0.05, 0) is 54.4 Å². The highest BCUT2D eigenvalue weighted by atomic mass is 16.5. The second kappa shape index (κ2) is 4.19. The molecule has 0 heterocycles. The van der Waals surface area contributed by atoms with Gasteiger partial charge in [-0.15, -0.1) is 0 Å². The first kappa shape index (κ1) is 12.7. The first-order valence-corrected chi connectivity index (χ1v) is 6.76. The number of rotatable bonds is 3. The van der Waals surface area contributed by atoms with Gasteiger partial charge in [0.05, 0.1) is 13.4 Å². The van der Waals surface area contributed by atoms with Crippen molar-refractivity contribution in [2.75, 3.05) is 7.11 Å². The summed E-state index contributed by atoms with van der Waals surface area (Å²) in [6.45, 7) is 11.4. The Bertz CT molecular complexity index is 339. The standard InChI is InChI=1S/C16H26O/c1-12-8-14-10-15(3,4)11-16(14,9-12)13(2)6-7-17-5/h6-7,13-14H,1,8-11H2,2-5H3/b7-6+/t13-,14-,16+/m1/s1. The Morgan fingerprint density at radius 3 is 2.82 bits per heavy atom. The second-order valence-electron chi connectivity index (χ2n) is 6.96. The largest absolute Gasteiger partial charge is 0.505 e. The van der Waals surface area contributed by atoms with Gasteiger partial charge in [0.2, 0.25) is 0 Å². The Morgan fingerprint density at radius 2 is 2.18 bits per heavy atom. The monoisotopic (exact) mass is 234 g/mol. The van der Waals surface area contributed by atoms with Gasteiger partial charge < -0.3 is 4.74 Å². The second-order valence-corrected chi connectivity index (χ2v) is 6.96. The van der Waals surface area contributed by atoms with Gasteiger partial charge >= 0.3 is 0 Å². The summed E-state index contributed by atoms with van der Waals surface area (Å²) < 4.78 is 5.09. The number of hydrogen-bond donors (Lipinski definition) is 0. The molecule has 2 rings (SSSR count). The van der Waals surface area contributed by atoms with E-state index in [0.29, 0.717) is 16.7 Å². The van der Waals surface area contributed by atoms with Crippen LogP contribution in [0.4, 0.5) is 0 Å². The van der Waals surface area contributed by atoms with Crippen molar-refractivity contribution >= 4 is 0 Å². The first-order chi connectivity index (χ1) is 7.89. The van der Waals surface area contributed by atoms with Crippen LogP contribution in [-0.4, -0.2) is 7.11 Å². The minimum atomic E-state index is 0.454. The fraction of sp³-hybridized carbons (Fsp3) is 0.750. The molecule has 1 nitrogen and oxygen atoms in total. The molecule has 0 aliphatic heterocycles. The SMILES string of the molecule is C=C1C[C@@H]2CC(C)(C)C[C@]2([C@H](C)/C=C/OC)C1. The molecule has 0 radical (unpaired) electrons. The van der Waals surface area contributed by atoms with Gasteiger partial charge in [-0.25, -0.2) is 0 Å². The molecule has 96 valence electrons. The van der Waals surface area contributed by atoms with Crippen LogP contribution in [0.2, 0.25) is 0 Å². The highest BCUT2D eigenvalue weighted by Crippen LogP contribution is 2.65. The van der Waals surface area contributed by atoms with Crippen LogP contribution in [0.5, 0.6) is 0 Å². The van der Waals surface area contributed by atoms with E-state index in [1.54, 1.807) is 7.11 Å². The molecule has 0 bridgehead atoms. The Morgan fingerprint density at radius 1 is 1.47 bits per heavy atom. The molecular formula is C16H26O. The van der Waals surface area contributed by atoms with Crippen molar-refractivity contribution in [2.24, 2.45) is 22.7 Å². The minimum Gasteiger partial charge on any atom is -0.505 e. The molecule has 2 saturated carbocycles. The van der Waals surface area contributed by atoms with Crippen molar-refractivity contribution in [2.45, 2.75) is 46.5 Å². The average molecular weight is 234 g/mol. The average Bonchev–Trinajstić information content (AvgIpc) is 2.62. The van der Waals surface area contributed by atoms with Gasteiger partial charge in [0, 0.05) is 0 Å². The molecular weight excluding hydrogens is 208 g/mol. The maximum atomic E-state index is 5.09. The van der Waals surface area contributed by atoms with Crippen LogP contribution in [0.3, 0.4) is 0 Å². The van der Waals surface area contributed by atoms with Crippen LogP contribution in [-0.2, 0) is 4.74 Å². The Labute approximate surface area is 106 Å². The summed E-state index contributed by atoms with van der Waals surface area (Å²) in [7, 11) is 1.73. The predicted octanol–water partition coefficient (Wildman–Crippen LogP) is 4.56. The van der Waals surface area contributed by atoms with E-state index in [-0.39, 0.29) is 0 Å². The van der Waals surface area contributed by atoms with E-state index in [2.05, 4.69) is 33.4 Å². The lowest BCUT2D eigenvalue weighted by molar-refractivity contribution is 0.164. The lowest BCUT2D eigenvalue weighted by atomic mass is 9.69. The summed E-state index contributed by atoms with van der Waals surface area (Å²) in [5, 5.41) is 0. The Kier molecular flexibility index (Phi) is 3.14. The maximum absolute atomic E-state index is 5.09. The molecule has 0 saturated heterocycles. The number of methoxy groups -OCH3 is 1.